The predicted molar refractivity (Wildman–Crippen MR) is 74.6 cm³/mol. The van der Waals surface area contributed by atoms with Gasteiger partial charge in [0.15, 0.2) is 0 Å². The predicted octanol–water partition coefficient (Wildman–Crippen LogP) is 2.80. The van der Waals surface area contributed by atoms with E-state index in [1.807, 2.05) is 23.1 Å². The normalized spacial score (nSPS) is 13.4. The Kier molecular flexibility index (Phi) is 2.71. The lowest BCUT2D eigenvalue weighted by Crippen LogP contribution is -2.16. The van der Waals surface area contributed by atoms with Crippen molar-refractivity contribution in [3.8, 4) is 0 Å². The lowest BCUT2D eigenvalue weighted by atomic mass is 10.1. The molecule has 0 aromatic heterocycles. The Labute approximate surface area is 111 Å². The minimum Gasteiger partial charge on any atom is -0.384 e. The van der Waals surface area contributed by atoms with Gasteiger partial charge in [0, 0.05) is 17.8 Å². The number of anilines is 2. The maximum absolute atomic E-state index is 14.2. The third kappa shape index (κ3) is 1.95. The summed E-state index contributed by atoms with van der Waals surface area (Å²) in [4.78, 5) is 1.97. The van der Waals surface area contributed by atoms with Gasteiger partial charge in [0.25, 0.3) is 0 Å². The Morgan fingerprint density at radius 3 is 2.68 bits per heavy atom. The minimum atomic E-state index is -0.343. The summed E-state index contributed by atoms with van der Waals surface area (Å²) in [5.41, 5.74) is 8.60. The Balaban J connectivity index is 2.03. The molecule has 0 bridgehead atoms. The zero-order valence-corrected chi connectivity index (χ0v) is 10.4. The van der Waals surface area contributed by atoms with Gasteiger partial charge in [-0.1, -0.05) is 18.2 Å². The van der Waals surface area contributed by atoms with Crippen LogP contribution in [-0.2, 0) is 6.42 Å². The van der Waals surface area contributed by atoms with Crippen LogP contribution in [0.2, 0.25) is 0 Å². The molecule has 2 aromatic carbocycles. The van der Waals surface area contributed by atoms with Crippen LogP contribution in [0.3, 0.4) is 0 Å². The van der Waals surface area contributed by atoms with Crippen molar-refractivity contribution < 1.29 is 4.39 Å². The van der Waals surface area contributed by atoms with Crippen LogP contribution in [0, 0.1) is 11.2 Å². The first kappa shape index (κ1) is 11.7. The van der Waals surface area contributed by atoms with Crippen molar-refractivity contribution in [3.05, 3.63) is 59.4 Å². The molecule has 1 aliphatic rings. The van der Waals surface area contributed by atoms with Gasteiger partial charge >= 0.3 is 0 Å². The summed E-state index contributed by atoms with van der Waals surface area (Å²) in [6, 6.07) is 12.7. The number of para-hydroxylation sites is 1. The fraction of sp³-hybridized carbons (Fsp3) is 0.133. The molecule has 0 amide bonds. The second kappa shape index (κ2) is 4.39. The van der Waals surface area contributed by atoms with Gasteiger partial charge in [0.05, 0.1) is 5.69 Å². The van der Waals surface area contributed by atoms with E-state index in [0.29, 0.717) is 11.3 Å². The molecule has 1 heterocycles. The molecule has 3 rings (SSSR count). The lowest BCUT2D eigenvalue weighted by molar-refractivity contribution is 0.625. The Morgan fingerprint density at radius 1 is 1.16 bits per heavy atom. The lowest BCUT2D eigenvalue weighted by Gasteiger charge is -2.20. The van der Waals surface area contributed by atoms with E-state index < -0.39 is 0 Å². The standard InChI is InChI=1S/C15H14FN3/c16-12-9-11(15(17)18)5-6-14(12)19-8-7-10-3-1-2-4-13(10)19/h1-6,9H,7-8H2,(H3,17,18). The van der Waals surface area contributed by atoms with Crippen LogP contribution >= 0.6 is 0 Å². The molecule has 2 aromatic rings. The van der Waals surface area contributed by atoms with E-state index >= 15 is 0 Å². The van der Waals surface area contributed by atoms with Crippen LogP contribution in [0.25, 0.3) is 0 Å². The second-order valence-corrected chi connectivity index (χ2v) is 4.61. The van der Waals surface area contributed by atoms with Crippen molar-refractivity contribution in [1.29, 1.82) is 5.41 Å². The monoisotopic (exact) mass is 255 g/mol. The molecule has 0 radical (unpaired) electrons. The number of amidine groups is 1. The Hall–Kier alpha value is -2.36. The number of rotatable bonds is 2. The fourth-order valence-electron chi connectivity index (χ4n) is 2.48. The van der Waals surface area contributed by atoms with Crippen LogP contribution in [-0.4, -0.2) is 12.4 Å². The molecule has 3 N–H and O–H groups in total. The number of nitrogens with one attached hydrogen (secondary N) is 1. The van der Waals surface area contributed by atoms with Crippen LogP contribution in [0.15, 0.2) is 42.5 Å². The number of nitrogens with two attached hydrogens (primary N) is 1. The first-order valence-corrected chi connectivity index (χ1v) is 6.16. The highest BCUT2D eigenvalue weighted by atomic mass is 19.1. The molecule has 0 unspecified atom stereocenters. The van der Waals surface area contributed by atoms with E-state index in [9.17, 15) is 4.39 Å². The minimum absolute atomic E-state index is 0.118. The van der Waals surface area contributed by atoms with Crippen molar-refractivity contribution >= 4 is 17.2 Å². The molecule has 0 atom stereocenters. The summed E-state index contributed by atoms with van der Waals surface area (Å²) in [6.07, 6.45) is 0.921. The van der Waals surface area contributed by atoms with E-state index in [-0.39, 0.29) is 11.7 Å². The first-order chi connectivity index (χ1) is 9.16. The molecule has 0 aliphatic carbocycles. The van der Waals surface area contributed by atoms with Crippen molar-refractivity contribution in [1.82, 2.24) is 0 Å². The summed E-state index contributed by atoms with van der Waals surface area (Å²) in [6.45, 7) is 0.773. The van der Waals surface area contributed by atoms with Crippen LogP contribution in [0.1, 0.15) is 11.1 Å². The average molecular weight is 255 g/mol. The summed E-state index contributed by atoms with van der Waals surface area (Å²) in [5.74, 6) is -0.461. The number of fused-ring (bicyclic) bond motifs is 1. The van der Waals surface area contributed by atoms with Crippen molar-refractivity contribution in [2.75, 3.05) is 11.4 Å². The number of nitrogens with zero attached hydrogens (tertiary/aromatic N) is 1. The van der Waals surface area contributed by atoms with Crippen LogP contribution in [0.4, 0.5) is 15.8 Å². The fourth-order valence-corrected chi connectivity index (χ4v) is 2.48. The average Bonchev–Trinajstić information content (AvgIpc) is 2.82. The van der Waals surface area contributed by atoms with Gasteiger partial charge in [-0.25, -0.2) is 4.39 Å². The number of hydrogen-bond acceptors (Lipinski definition) is 2. The van der Waals surface area contributed by atoms with Crippen molar-refractivity contribution in [2.24, 2.45) is 5.73 Å². The van der Waals surface area contributed by atoms with Gasteiger partial charge in [0.1, 0.15) is 11.7 Å². The van der Waals surface area contributed by atoms with E-state index in [1.165, 1.54) is 11.6 Å². The van der Waals surface area contributed by atoms with Crippen LogP contribution in [0.5, 0.6) is 0 Å². The number of hydrogen-bond donors (Lipinski definition) is 2. The molecule has 0 spiro atoms. The highest BCUT2D eigenvalue weighted by molar-refractivity contribution is 5.95. The third-order valence-electron chi connectivity index (χ3n) is 3.44. The molecule has 3 nitrogen and oxygen atoms in total. The molecule has 0 saturated heterocycles. The van der Waals surface area contributed by atoms with Gasteiger partial charge < -0.3 is 10.6 Å². The van der Waals surface area contributed by atoms with E-state index in [4.69, 9.17) is 11.1 Å². The van der Waals surface area contributed by atoms with Gasteiger partial charge in [-0.3, -0.25) is 5.41 Å². The number of benzene rings is 2. The first-order valence-electron chi connectivity index (χ1n) is 6.16. The molecular formula is C15H14FN3. The molecule has 0 fully saturated rings. The van der Waals surface area contributed by atoms with E-state index in [2.05, 4.69) is 6.07 Å². The highest BCUT2D eigenvalue weighted by Gasteiger charge is 2.22. The topological polar surface area (TPSA) is 53.1 Å². The summed E-state index contributed by atoms with van der Waals surface area (Å²) < 4.78 is 14.2. The van der Waals surface area contributed by atoms with E-state index in [0.717, 1.165) is 18.7 Å². The second-order valence-electron chi connectivity index (χ2n) is 4.61. The third-order valence-corrected chi connectivity index (χ3v) is 3.44. The van der Waals surface area contributed by atoms with Gasteiger partial charge in [-0.2, -0.15) is 0 Å². The number of nitrogen functional groups attached to an aromatic ring is 1. The molecular weight excluding hydrogens is 241 g/mol. The summed E-state index contributed by atoms with van der Waals surface area (Å²) in [7, 11) is 0. The Morgan fingerprint density at radius 2 is 1.95 bits per heavy atom. The maximum atomic E-state index is 14.2. The summed E-state index contributed by atoms with van der Waals surface area (Å²) >= 11 is 0. The molecule has 4 heteroatoms. The SMILES string of the molecule is N=C(N)c1ccc(N2CCc3ccccc32)c(F)c1. The van der Waals surface area contributed by atoms with E-state index in [1.54, 1.807) is 12.1 Å². The number of halogens is 1. The highest BCUT2D eigenvalue weighted by Crippen LogP contribution is 2.35. The smallest absolute Gasteiger partial charge is 0.147 e. The van der Waals surface area contributed by atoms with Crippen LogP contribution < -0.4 is 10.6 Å². The molecule has 1 aliphatic heterocycles. The largest absolute Gasteiger partial charge is 0.384 e. The zero-order chi connectivity index (χ0) is 13.4. The maximum Gasteiger partial charge on any atom is 0.147 e. The van der Waals surface area contributed by atoms with Gasteiger partial charge in [-0.05, 0) is 36.2 Å². The Bertz CT molecular complexity index is 652. The van der Waals surface area contributed by atoms with Crippen molar-refractivity contribution in [3.63, 3.8) is 0 Å². The molecule has 0 saturated carbocycles. The van der Waals surface area contributed by atoms with Crippen molar-refractivity contribution in [2.45, 2.75) is 6.42 Å². The quantitative estimate of drug-likeness (QED) is 0.640. The molecule has 96 valence electrons. The molecule has 19 heavy (non-hydrogen) atoms. The summed E-state index contributed by atoms with van der Waals surface area (Å²) in [5, 5.41) is 7.33. The van der Waals surface area contributed by atoms with Gasteiger partial charge in [-0.15, -0.1) is 0 Å². The van der Waals surface area contributed by atoms with Gasteiger partial charge in [0.2, 0.25) is 0 Å². The zero-order valence-electron chi connectivity index (χ0n) is 10.4.